The Kier molecular flexibility index (Phi) is 9.90. The average molecular weight is 463 g/mol. The quantitative estimate of drug-likeness (QED) is 0.438. The van der Waals surface area contributed by atoms with E-state index in [4.69, 9.17) is 4.74 Å². The highest BCUT2D eigenvalue weighted by atomic mass is 32.2. The van der Waals surface area contributed by atoms with Crippen molar-refractivity contribution in [2.75, 3.05) is 6.26 Å². The second-order valence-corrected chi connectivity index (χ2v) is 10.2. The molecule has 8 nitrogen and oxygen atoms in total. The van der Waals surface area contributed by atoms with E-state index in [9.17, 15) is 14.4 Å². The summed E-state index contributed by atoms with van der Waals surface area (Å²) in [6.45, 7) is 8.00. The Hall–Kier alpha value is -2.68. The predicted octanol–water partition coefficient (Wildman–Crippen LogP) is 3.00. The van der Waals surface area contributed by atoms with Crippen LogP contribution in [0.4, 0.5) is 4.79 Å². The third-order valence-corrected chi connectivity index (χ3v) is 5.64. The first-order valence-corrected chi connectivity index (χ1v) is 12.5. The van der Waals surface area contributed by atoms with Crippen LogP contribution in [0.25, 0.3) is 0 Å². The van der Waals surface area contributed by atoms with Crippen LogP contribution in [0.3, 0.4) is 0 Å². The van der Waals surface area contributed by atoms with Crippen LogP contribution in [0, 0.1) is 11.8 Å². The Bertz CT molecular complexity index is 868. The number of alkyl carbamates (subject to hydrolysis) is 1. The number of aliphatic imine (C=N–C) groups is 1. The van der Waals surface area contributed by atoms with Crippen molar-refractivity contribution < 1.29 is 19.1 Å². The second-order valence-electron chi connectivity index (χ2n) is 8.69. The van der Waals surface area contributed by atoms with E-state index in [1.165, 1.54) is 0 Å². The summed E-state index contributed by atoms with van der Waals surface area (Å²) >= 11 is 0. The van der Waals surface area contributed by atoms with Crippen LogP contribution in [-0.2, 0) is 20.9 Å². The molecule has 2 rings (SSSR count). The molecule has 32 heavy (non-hydrogen) atoms. The van der Waals surface area contributed by atoms with Gasteiger partial charge in [0.05, 0.1) is 11.5 Å². The van der Waals surface area contributed by atoms with E-state index >= 15 is 0 Å². The fourth-order valence-electron chi connectivity index (χ4n) is 3.20. The minimum Gasteiger partial charge on any atom is -0.445 e. The third kappa shape index (κ3) is 8.45. The monoisotopic (exact) mass is 462 g/mol. The first kappa shape index (κ1) is 25.6. The number of rotatable bonds is 11. The smallest absolute Gasteiger partial charge is 0.408 e. The molecule has 2 amide bonds. The van der Waals surface area contributed by atoms with Gasteiger partial charge in [-0.05, 0) is 36.5 Å². The predicted molar refractivity (Wildman–Crippen MR) is 130 cm³/mol. The number of carbonyl (C=O) groups excluding carboxylic acids is 3. The van der Waals surface area contributed by atoms with Gasteiger partial charge in [-0.25, -0.2) is 9.79 Å². The van der Waals surface area contributed by atoms with Gasteiger partial charge in [0.1, 0.15) is 12.6 Å². The fraction of sp³-hybridized carbons (Fsp3) is 0.522. The molecule has 1 aromatic rings. The van der Waals surface area contributed by atoms with E-state index in [1.807, 2.05) is 64.3 Å². The number of ether oxygens (including phenoxy) is 1. The molecular formula is C23H34N4O4S. The zero-order valence-corrected chi connectivity index (χ0v) is 20.2. The standard InChI is InChI=1S/C23H34N4O4S/c1-15(2)11-18(20(28)21-24-14-32(5)27-21)25-22(29)19(12-16(3)4)26-23(30)31-13-17-9-7-6-8-10-17/h6-10,14-16,18-19H,11-13H2,1-5H3,(H,24,27)(H,25,29)(H,26,30)/t18-,19-,32?/m0/s1. The van der Waals surface area contributed by atoms with E-state index in [2.05, 4.69) is 20.3 Å². The molecule has 1 heterocycles. The van der Waals surface area contributed by atoms with Crippen molar-refractivity contribution in [3.05, 3.63) is 35.9 Å². The van der Waals surface area contributed by atoms with Crippen molar-refractivity contribution in [1.82, 2.24) is 15.4 Å². The van der Waals surface area contributed by atoms with Crippen molar-refractivity contribution in [3.63, 3.8) is 0 Å². The van der Waals surface area contributed by atoms with Gasteiger partial charge in [-0.3, -0.25) is 9.59 Å². The van der Waals surface area contributed by atoms with E-state index in [0.29, 0.717) is 12.8 Å². The van der Waals surface area contributed by atoms with Crippen LogP contribution in [-0.4, -0.2) is 47.5 Å². The first-order valence-electron chi connectivity index (χ1n) is 10.8. The van der Waals surface area contributed by atoms with Gasteiger partial charge < -0.3 is 20.1 Å². The maximum Gasteiger partial charge on any atom is 0.408 e. The lowest BCUT2D eigenvalue weighted by molar-refractivity contribution is -0.127. The van der Waals surface area contributed by atoms with Crippen molar-refractivity contribution in [1.29, 1.82) is 0 Å². The molecule has 3 N–H and O–H groups in total. The molecule has 9 heteroatoms. The van der Waals surface area contributed by atoms with Gasteiger partial charge in [-0.1, -0.05) is 68.7 Å². The molecule has 0 saturated carbocycles. The van der Waals surface area contributed by atoms with E-state index < -0.39 is 24.1 Å². The number of hydrogen-bond acceptors (Lipinski definition) is 6. The molecule has 0 fully saturated rings. The third-order valence-electron chi connectivity index (χ3n) is 4.70. The molecule has 1 unspecified atom stereocenters. The van der Waals surface area contributed by atoms with Crippen molar-refractivity contribution in [2.45, 2.75) is 59.2 Å². The molecule has 1 aromatic carbocycles. The van der Waals surface area contributed by atoms with Gasteiger partial charge in [0, 0.05) is 0 Å². The molecule has 0 aromatic heterocycles. The number of ketones is 1. The van der Waals surface area contributed by atoms with Crippen LogP contribution >= 0.6 is 10.7 Å². The highest BCUT2D eigenvalue weighted by Crippen LogP contribution is 2.13. The summed E-state index contributed by atoms with van der Waals surface area (Å²) < 4.78 is 8.31. The number of benzene rings is 1. The molecular weight excluding hydrogens is 428 g/mol. The zero-order chi connectivity index (χ0) is 23.7. The van der Waals surface area contributed by atoms with Crippen molar-refractivity contribution in [2.24, 2.45) is 16.8 Å². The Morgan fingerprint density at radius 2 is 1.62 bits per heavy atom. The Morgan fingerprint density at radius 3 is 2.19 bits per heavy atom. The topological polar surface area (TPSA) is 109 Å². The summed E-state index contributed by atoms with van der Waals surface area (Å²) in [5.41, 5.74) is 2.54. The molecule has 3 atom stereocenters. The normalized spacial score (nSPS) is 17.1. The van der Waals surface area contributed by atoms with Gasteiger partial charge in [-0.15, -0.1) is 0 Å². The number of amides is 2. The molecule has 0 radical (unpaired) electrons. The molecule has 0 spiro atoms. The number of carbonyl (C=O) groups is 3. The molecule has 0 aliphatic carbocycles. The van der Waals surface area contributed by atoms with Gasteiger partial charge in [0.15, 0.2) is 5.84 Å². The molecule has 0 saturated heterocycles. The first-order chi connectivity index (χ1) is 15.2. The fourth-order valence-corrected chi connectivity index (χ4v) is 3.98. The number of hydrogen-bond donors (Lipinski definition) is 3. The van der Waals surface area contributed by atoms with Crippen molar-refractivity contribution >= 4 is 39.8 Å². The summed E-state index contributed by atoms with van der Waals surface area (Å²) in [6.07, 6.45) is 2.13. The summed E-state index contributed by atoms with van der Waals surface area (Å²) in [7, 11) is -0.294. The number of nitrogens with one attached hydrogen (secondary N) is 3. The Labute approximate surface area is 192 Å². The summed E-state index contributed by atoms with van der Waals surface area (Å²) in [5, 5.41) is 5.49. The van der Waals surface area contributed by atoms with Gasteiger partial charge in [0.25, 0.3) is 0 Å². The molecule has 1 aliphatic heterocycles. The van der Waals surface area contributed by atoms with Crippen LogP contribution in [0.1, 0.15) is 46.1 Å². The Morgan fingerprint density at radius 1 is 1.00 bits per heavy atom. The van der Waals surface area contributed by atoms with Crippen LogP contribution < -0.4 is 15.4 Å². The lowest BCUT2D eigenvalue weighted by Crippen LogP contribution is -2.54. The SMILES string of the molecule is CC(C)C[C@H](NC(=O)OCc1ccccc1)C(=O)N[C@@H](CC(C)C)C(=O)C1=NC=S(C)N1. The van der Waals surface area contributed by atoms with Crippen molar-refractivity contribution in [3.8, 4) is 0 Å². The molecule has 0 bridgehead atoms. The minimum atomic E-state index is -0.813. The largest absolute Gasteiger partial charge is 0.445 e. The van der Waals surface area contributed by atoms with E-state index in [-0.39, 0.29) is 40.7 Å². The number of amidine groups is 1. The van der Waals surface area contributed by atoms with Crippen LogP contribution in [0.15, 0.2) is 35.3 Å². The summed E-state index contributed by atoms with van der Waals surface area (Å²) in [5.74, 6) is -0.0700. The lowest BCUT2D eigenvalue weighted by Gasteiger charge is -2.24. The maximum atomic E-state index is 13.1. The zero-order valence-electron chi connectivity index (χ0n) is 19.4. The highest BCUT2D eigenvalue weighted by molar-refractivity contribution is 8.13. The number of Topliss-reactive ketones (excluding diaryl/α,β-unsaturated/α-hetero) is 1. The molecule has 176 valence electrons. The van der Waals surface area contributed by atoms with Crippen LogP contribution in [0.2, 0.25) is 0 Å². The van der Waals surface area contributed by atoms with E-state index in [0.717, 1.165) is 5.56 Å². The van der Waals surface area contributed by atoms with Gasteiger partial charge in [0.2, 0.25) is 11.7 Å². The average Bonchev–Trinajstić information content (AvgIpc) is 3.17. The number of nitrogens with zero attached hydrogens (tertiary/aromatic N) is 1. The minimum absolute atomic E-state index is 0.109. The maximum absolute atomic E-state index is 13.1. The Balaban J connectivity index is 2.03. The summed E-state index contributed by atoms with van der Waals surface area (Å²) in [4.78, 5) is 42.5. The van der Waals surface area contributed by atoms with Crippen LogP contribution in [0.5, 0.6) is 0 Å². The lowest BCUT2D eigenvalue weighted by atomic mass is 9.98. The van der Waals surface area contributed by atoms with Gasteiger partial charge >= 0.3 is 6.09 Å². The summed E-state index contributed by atoms with van der Waals surface area (Å²) in [6, 6.07) is 7.77. The molecule has 1 aliphatic rings. The van der Waals surface area contributed by atoms with Gasteiger partial charge in [-0.2, -0.15) is 0 Å². The highest BCUT2D eigenvalue weighted by Gasteiger charge is 2.31. The second kappa shape index (κ2) is 12.4. The van der Waals surface area contributed by atoms with E-state index in [1.54, 1.807) is 5.49 Å².